The molecular weight excluding hydrogens is 418 g/mol. The van der Waals surface area contributed by atoms with Gasteiger partial charge in [0.2, 0.25) is 5.91 Å². The minimum atomic E-state index is -1.01. The number of aromatic nitrogens is 1. The molecule has 0 saturated heterocycles. The standard InChI is InChI=1S/C26H31N3O2S/c1-17-9-8-12-20(18(17)2)29-24(30)22-15-23-21(13-14-32-23)28(22)16-26(29,3)25(31)27-19-10-6-4-5-7-11-19/h8-9,12-15,19H,4-7,10-11,16H2,1-3H3,(H,27,31)/t26-/m0/s1. The summed E-state index contributed by atoms with van der Waals surface area (Å²) in [5, 5.41) is 5.39. The molecule has 1 N–H and O–H groups in total. The Balaban J connectivity index is 1.61. The second kappa shape index (κ2) is 8.07. The maximum atomic E-state index is 13.9. The van der Waals surface area contributed by atoms with Gasteiger partial charge in [0, 0.05) is 11.7 Å². The van der Waals surface area contributed by atoms with Gasteiger partial charge in [-0.3, -0.25) is 14.5 Å². The monoisotopic (exact) mass is 449 g/mol. The van der Waals surface area contributed by atoms with E-state index < -0.39 is 5.54 Å². The Morgan fingerprint density at radius 1 is 1.12 bits per heavy atom. The van der Waals surface area contributed by atoms with Crippen molar-refractivity contribution in [1.82, 2.24) is 9.88 Å². The van der Waals surface area contributed by atoms with Crippen LogP contribution in [0.2, 0.25) is 0 Å². The van der Waals surface area contributed by atoms with Crippen LogP contribution in [-0.2, 0) is 11.3 Å². The van der Waals surface area contributed by atoms with Gasteiger partial charge in [-0.2, -0.15) is 0 Å². The number of fused-ring (bicyclic) bond motifs is 3. The second-order valence-corrected chi connectivity index (χ2v) is 10.5. The first kappa shape index (κ1) is 21.3. The predicted octanol–water partition coefficient (Wildman–Crippen LogP) is 5.58. The number of thiophene rings is 1. The highest BCUT2D eigenvalue weighted by molar-refractivity contribution is 7.17. The van der Waals surface area contributed by atoms with Crippen LogP contribution in [0, 0.1) is 13.8 Å². The van der Waals surface area contributed by atoms with Crippen LogP contribution in [0.1, 0.15) is 67.1 Å². The van der Waals surface area contributed by atoms with E-state index >= 15 is 0 Å². The van der Waals surface area contributed by atoms with Gasteiger partial charge in [-0.15, -0.1) is 11.3 Å². The van der Waals surface area contributed by atoms with Crippen molar-refractivity contribution in [1.29, 1.82) is 0 Å². The van der Waals surface area contributed by atoms with Crippen LogP contribution < -0.4 is 10.2 Å². The highest BCUT2D eigenvalue weighted by Gasteiger charge is 2.49. The van der Waals surface area contributed by atoms with Crippen LogP contribution in [0.5, 0.6) is 0 Å². The summed E-state index contributed by atoms with van der Waals surface area (Å²) in [6.45, 7) is 6.46. The SMILES string of the molecule is Cc1cccc(N2C(=O)c3cc4sccc4n3C[C@@]2(C)C(=O)NC2CCCCCC2)c1C. The van der Waals surface area contributed by atoms with E-state index in [2.05, 4.69) is 18.3 Å². The molecule has 0 spiro atoms. The van der Waals surface area contributed by atoms with Crippen LogP contribution in [0.25, 0.3) is 10.2 Å². The highest BCUT2D eigenvalue weighted by atomic mass is 32.1. The van der Waals surface area contributed by atoms with E-state index in [0.717, 1.165) is 52.7 Å². The number of hydrogen-bond acceptors (Lipinski definition) is 3. The Bertz CT molecular complexity index is 1190. The zero-order chi connectivity index (χ0) is 22.5. The molecule has 1 saturated carbocycles. The van der Waals surface area contributed by atoms with Crippen molar-refractivity contribution in [3.63, 3.8) is 0 Å². The fraction of sp³-hybridized carbons (Fsp3) is 0.462. The summed E-state index contributed by atoms with van der Waals surface area (Å²) in [5.74, 6) is -0.159. The number of anilines is 1. The average molecular weight is 450 g/mol. The molecule has 5 rings (SSSR count). The number of nitrogens with zero attached hydrogens (tertiary/aromatic N) is 2. The lowest BCUT2D eigenvalue weighted by Gasteiger charge is -2.45. The molecule has 1 aliphatic heterocycles. The van der Waals surface area contributed by atoms with Crippen molar-refractivity contribution in [2.45, 2.75) is 77.4 Å². The molecule has 3 heterocycles. The first-order valence-electron chi connectivity index (χ1n) is 11.7. The Morgan fingerprint density at radius 2 is 1.88 bits per heavy atom. The van der Waals surface area contributed by atoms with Crippen molar-refractivity contribution in [2.24, 2.45) is 0 Å². The summed E-state index contributed by atoms with van der Waals surface area (Å²) < 4.78 is 3.13. The molecule has 0 bridgehead atoms. The van der Waals surface area contributed by atoms with Crippen LogP contribution in [0.15, 0.2) is 35.7 Å². The summed E-state index contributed by atoms with van der Waals surface area (Å²) in [6, 6.07) is 10.2. The van der Waals surface area contributed by atoms with Gasteiger partial charge in [0.05, 0.1) is 16.8 Å². The minimum absolute atomic E-state index is 0.0543. The van der Waals surface area contributed by atoms with Crippen molar-refractivity contribution in [3.8, 4) is 0 Å². The van der Waals surface area contributed by atoms with E-state index in [-0.39, 0.29) is 17.9 Å². The molecule has 168 valence electrons. The highest BCUT2D eigenvalue weighted by Crippen LogP contribution is 2.39. The quantitative estimate of drug-likeness (QED) is 0.531. The summed E-state index contributed by atoms with van der Waals surface area (Å²) >= 11 is 1.63. The first-order chi connectivity index (χ1) is 15.4. The molecule has 3 aromatic rings. The van der Waals surface area contributed by atoms with Crippen molar-refractivity contribution in [2.75, 3.05) is 4.90 Å². The number of carbonyl (C=O) groups excluding carboxylic acids is 2. The van der Waals surface area contributed by atoms with Gasteiger partial charge >= 0.3 is 0 Å². The van der Waals surface area contributed by atoms with Crippen LogP contribution in [-0.4, -0.2) is 28.0 Å². The zero-order valence-electron chi connectivity index (χ0n) is 19.1. The molecule has 2 amide bonds. The van der Waals surface area contributed by atoms with Crippen molar-refractivity contribution in [3.05, 3.63) is 52.5 Å². The van der Waals surface area contributed by atoms with E-state index in [1.807, 2.05) is 48.1 Å². The lowest BCUT2D eigenvalue weighted by Crippen LogP contribution is -2.65. The smallest absolute Gasteiger partial charge is 0.275 e. The first-order valence-corrected chi connectivity index (χ1v) is 12.6. The number of nitrogens with one attached hydrogen (secondary N) is 1. The fourth-order valence-corrected chi connectivity index (χ4v) is 6.16. The average Bonchev–Trinajstić information content (AvgIpc) is 3.26. The summed E-state index contributed by atoms with van der Waals surface area (Å²) in [4.78, 5) is 29.6. The van der Waals surface area contributed by atoms with Gasteiger partial charge in [0.25, 0.3) is 5.91 Å². The minimum Gasteiger partial charge on any atom is -0.351 e. The molecule has 0 unspecified atom stereocenters. The number of carbonyl (C=O) groups is 2. The molecule has 0 radical (unpaired) electrons. The largest absolute Gasteiger partial charge is 0.351 e. The molecular formula is C26H31N3O2S. The van der Waals surface area contributed by atoms with E-state index in [1.165, 1.54) is 12.8 Å². The maximum Gasteiger partial charge on any atom is 0.275 e. The van der Waals surface area contributed by atoms with Gasteiger partial charge in [-0.25, -0.2) is 0 Å². The van der Waals surface area contributed by atoms with E-state index in [9.17, 15) is 9.59 Å². The molecule has 5 nitrogen and oxygen atoms in total. The van der Waals surface area contributed by atoms with Gasteiger partial charge in [0.1, 0.15) is 11.2 Å². The van der Waals surface area contributed by atoms with Crippen molar-refractivity contribution < 1.29 is 9.59 Å². The number of rotatable bonds is 3. The van der Waals surface area contributed by atoms with Gasteiger partial charge < -0.3 is 9.88 Å². The van der Waals surface area contributed by atoms with E-state index in [1.54, 1.807) is 16.2 Å². The maximum absolute atomic E-state index is 13.9. The normalized spacial score (nSPS) is 22.1. The number of aryl methyl sites for hydroxylation is 1. The summed E-state index contributed by atoms with van der Waals surface area (Å²) in [7, 11) is 0. The molecule has 2 aromatic heterocycles. The number of hydrogen-bond donors (Lipinski definition) is 1. The summed E-state index contributed by atoms with van der Waals surface area (Å²) in [5.41, 5.74) is 3.66. The Kier molecular flexibility index (Phi) is 5.36. The second-order valence-electron chi connectivity index (χ2n) is 9.58. The number of amides is 2. The molecule has 6 heteroatoms. The van der Waals surface area contributed by atoms with Crippen molar-refractivity contribution >= 4 is 39.1 Å². The third-order valence-electron chi connectivity index (χ3n) is 7.40. The third-order valence-corrected chi connectivity index (χ3v) is 8.25. The van der Waals surface area contributed by atoms with Crippen LogP contribution in [0.3, 0.4) is 0 Å². The molecule has 1 aliphatic carbocycles. The Morgan fingerprint density at radius 3 is 2.62 bits per heavy atom. The topological polar surface area (TPSA) is 54.3 Å². The third kappa shape index (κ3) is 3.36. The molecule has 1 fully saturated rings. The lowest BCUT2D eigenvalue weighted by atomic mass is 9.91. The van der Waals surface area contributed by atoms with E-state index in [4.69, 9.17) is 0 Å². The Hall–Kier alpha value is -2.60. The number of benzene rings is 1. The fourth-order valence-electron chi connectivity index (χ4n) is 5.33. The predicted molar refractivity (Wildman–Crippen MR) is 131 cm³/mol. The van der Waals surface area contributed by atoms with Gasteiger partial charge in [-0.05, 0) is 68.3 Å². The molecule has 2 aliphatic rings. The van der Waals surface area contributed by atoms with Gasteiger partial charge in [-0.1, -0.05) is 37.8 Å². The van der Waals surface area contributed by atoms with Crippen LogP contribution in [0.4, 0.5) is 5.69 Å². The van der Waals surface area contributed by atoms with Gasteiger partial charge in [0.15, 0.2) is 0 Å². The Labute approximate surface area is 193 Å². The van der Waals surface area contributed by atoms with Crippen LogP contribution >= 0.6 is 11.3 Å². The molecule has 32 heavy (non-hydrogen) atoms. The zero-order valence-corrected chi connectivity index (χ0v) is 19.9. The lowest BCUT2D eigenvalue weighted by molar-refractivity contribution is -0.127. The molecule has 1 aromatic carbocycles. The van der Waals surface area contributed by atoms with E-state index in [0.29, 0.717) is 12.2 Å². The summed E-state index contributed by atoms with van der Waals surface area (Å²) in [6.07, 6.45) is 6.81. The molecule has 1 atom stereocenters.